The molecule has 0 aliphatic heterocycles. The summed E-state index contributed by atoms with van der Waals surface area (Å²) in [5.41, 5.74) is -1.13. The summed E-state index contributed by atoms with van der Waals surface area (Å²) in [6, 6.07) is 4.13. The van der Waals surface area contributed by atoms with E-state index in [1.807, 2.05) is 0 Å². The number of pyridine rings is 1. The Morgan fingerprint density at radius 3 is 2.57 bits per heavy atom. The fraction of sp³-hybridized carbons (Fsp3) is 0.368. The van der Waals surface area contributed by atoms with Gasteiger partial charge in [0, 0.05) is 25.1 Å². The Bertz CT molecular complexity index is 1010. The molecule has 3 aromatic rings. The molecular formula is C19H16F5N3O. The molecular weight excluding hydrogens is 381 g/mol. The first-order valence-electron chi connectivity index (χ1n) is 8.83. The molecule has 2 aromatic heterocycles. The number of alkyl halides is 3. The van der Waals surface area contributed by atoms with Crippen molar-refractivity contribution in [3.8, 4) is 5.75 Å². The van der Waals surface area contributed by atoms with Crippen molar-refractivity contribution in [3.05, 3.63) is 59.0 Å². The molecule has 1 fully saturated rings. The van der Waals surface area contributed by atoms with Crippen LogP contribution in [0, 0.1) is 17.6 Å². The molecule has 0 unspecified atom stereocenters. The summed E-state index contributed by atoms with van der Waals surface area (Å²) >= 11 is 0. The van der Waals surface area contributed by atoms with E-state index in [4.69, 9.17) is 4.74 Å². The van der Waals surface area contributed by atoms with Gasteiger partial charge < -0.3 is 4.74 Å². The molecule has 1 saturated carbocycles. The summed E-state index contributed by atoms with van der Waals surface area (Å²) in [4.78, 5) is 0. The zero-order valence-corrected chi connectivity index (χ0v) is 14.6. The van der Waals surface area contributed by atoms with Crippen LogP contribution in [0.5, 0.6) is 5.75 Å². The van der Waals surface area contributed by atoms with E-state index >= 15 is 0 Å². The van der Waals surface area contributed by atoms with Gasteiger partial charge in [0.15, 0.2) is 17.2 Å². The molecule has 9 heteroatoms. The number of benzene rings is 1. The third-order valence-electron chi connectivity index (χ3n) is 4.71. The largest absolute Gasteiger partial charge is 0.490 e. The maximum absolute atomic E-state index is 13.7. The predicted octanol–water partition coefficient (Wildman–Crippen LogP) is 4.60. The average molecular weight is 397 g/mol. The van der Waals surface area contributed by atoms with Gasteiger partial charge >= 0.3 is 6.18 Å². The van der Waals surface area contributed by atoms with Crippen molar-refractivity contribution in [2.45, 2.75) is 31.9 Å². The van der Waals surface area contributed by atoms with E-state index in [0.717, 1.165) is 25.0 Å². The second kappa shape index (κ2) is 7.03. The van der Waals surface area contributed by atoms with Crippen molar-refractivity contribution >= 4 is 5.65 Å². The lowest BCUT2D eigenvalue weighted by atomic mass is 10.1. The quantitative estimate of drug-likeness (QED) is 0.571. The maximum Gasteiger partial charge on any atom is 0.420 e. The fourth-order valence-corrected chi connectivity index (χ4v) is 3.14. The van der Waals surface area contributed by atoms with Crippen molar-refractivity contribution in [1.82, 2.24) is 14.6 Å². The van der Waals surface area contributed by atoms with E-state index in [1.165, 1.54) is 16.7 Å². The van der Waals surface area contributed by atoms with Gasteiger partial charge in [-0.3, -0.25) is 4.40 Å². The predicted molar refractivity (Wildman–Crippen MR) is 90.0 cm³/mol. The first-order chi connectivity index (χ1) is 13.3. The van der Waals surface area contributed by atoms with Gasteiger partial charge in [-0.05, 0) is 42.5 Å². The van der Waals surface area contributed by atoms with Crippen LogP contribution in [0.15, 0.2) is 30.5 Å². The number of aromatic nitrogens is 3. The van der Waals surface area contributed by atoms with Crippen LogP contribution in [0.4, 0.5) is 22.0 Å². The molecule has 0 N–H and O–H groups in total. The van der Waals surface area contributed by atoms with Crippen molar-refractivity contribution < 1.29 is 26.7 Å². The molecule has 0 bridgehead atoms. The van der Waals surface area contributed by atoms with Crippen LogP contribution in [-0.4, -0.2) is 21.2 Å². The number of nitrogens with zero attached hydrogens (tertiary/aromatic N) is 3. The molecule has 0 spiro atoms. The first-order valence-corrected chi connectivity index (χ1v) is 8.83. The van der Waals surface area contributed by atoms with Gasteiger partial charge in [0.1, 0.15) is 17.2 Å². The van der Waals surface area contributed by atoms with Crippen LogP contribution < -0.4 is 4.74 Å². The summed E-state index contributed by atoms with van der Waals surface area (Å²) in [7, 11) is 0. The van der Waals surface area contributed by atoms with Gasteiger partial charge in [-0.2, -0.15) is 13.2 Å². The minimum atomic E-state index is -4.62. The summed E-state index contributed by atoms with van der Waals surface area (Å²) in [5, 5.41) is 7.70. The van der Waals surface area contributed by atoms with Gasteiger partial charge in [0.25, 0.3) is 0 Å². The SMILES string of the molecule is Fc1ccc(OCCc2ccn3c(CC4CC4)nnc3c2C(F)(F)F)c(F)c1. The van der Waals surface area contributed by atoms with Gasteiger partial charge in [-0.1, -0.05) is 0 Å². The topological polar surface area (TPSA) is 39.4 Å². The highest BCUT2D eigenvalue weighted by molar-refractivity contribution is 5.53. The molecule has 1 aromatic carbocycles. The Balaban J connectivity index is 1.59. The fourth-order valence-electron chi connectivity index (χ4n) is 3.14. The van der Waals surface area contributed by atoms with Crippen LogP contribution in [0.1, 0.15) is 29.8 Å². The van der Waals surface area contributed by atoms with E-state index in [1.54, 1.807) is 0 Å². The zero-order valence-electron chi connectivity index (χ0n) is 14.6. The van der Waals surface area contributed by atoms with Crippen LogP contribution in [-0.2, 0) is 19.0 Å². The molecule has 2 heterocycles. The minimum Gasteiger partial charge on any atom is -0.490 e. The first kappa shape index (κ1) is 18.6. The third-order valence-corrected chi connectivity index (χ3v) is 4.71. The molecule has 0 amide bonds. The summed E-state index contributed by atoms with van der Waals surface area (Å²) in [5.74, 6) is -0.915. The van der Waals surface area contributed by atoms with Crippen LogP contribution in [0.25, 0.3) is 5.65 Å². The average Bonchev–Trinajstić information content (AvgIpc) is 3.35. The zero-order chi connectivity index (χ0) is 19.9. The highest BCUT2D eigenvalue weighted by Crippen LogP contribution is 2.36. The number of hydrogen-bond acceptors (Lipinski definition) is 3. The Morgan fingerprint density at radius 2 is 1.89 bits per heavy atom. The van der Waals surface area contributed by atoms with Crippen molar-refractivity contribution in [3.63, 3.8) is 0 Å². The standard InChI is InChI=1S/C19H16F5N3O/c20-13-3-4-15(14(21)10-13)28-8-6-12-5-7-27-16(9-11-1-2-11)25-26-18(27)17(12)19(22,23)24/h3-5,7,10-11H,1-2,6,8-9H2. The summed E-state index contributed by atoms with van der Waals surface area (Å²) in [6.07, 6.45) is -0.510. The van der Waals surface area contributed by atoms with Crippen molar-refractivity contribution in [1.29, 1.82) is 0 Å². The molecule has 1 aliphatic carbocycles. The monoisotopic (exact) mass is 397 g/mol. The maximum atomic E-state index is 13.7. The molecule has 0 radical (unpaired) electrons. The molecule has 0 atom stereocenters. The lowest BCUT2D eigenvalue weighted by molar-refractivity contribution is -0.137. The molecule has 4 nitrogen and oxygen atoms in total. The lowest BCUT2D eigenvalue weighted by Gasteiger charge is -2.14. The molecule has 1 aliphatic rings. The summed E-state index contributed by atoms with van der Waals surface area (Å²) < 4.78 is 74.2. The van der Waals surface area contributed by atoms with E-state index in [9.17, 15) is 22.0 Å². The molecule has 0 saturated heterocycles. The summed E-state index contributed by atoms with van der Waals surface area (Å²) in [6.45, 7) is -0.203. The Morgan fingerprint density at radius 1 is 1.11 bits per heavy atom. The molecule has 28 heavy (non-hydrogen) atoms. The minimum absolute atomic E-state index is 0.0205. The van der Waals surface area contributed by atoms with Gasteiger partial charge in [-0.15, -0.1) is 10.2 Å². The number of hydrogen-bond donors (Lipinski definition) is 0. The highest BCUT2D eigenvalue weighted by atomic mass is 19.4. The van der Waals surface area contributed by atoms with Crippen molar-refractivity contribution in [2.24, 2.45) is 5.92 Å². The van der Waals surface area contributed by atoms with E-state index in [2.05, 4.69) is 10.2 Å². The third kappa shape index (κ3) is 3.79. The van der Waals surface area contributed by atoms with Crippen molar-refractivity contribution in [2.75, 3.05) is 6.61 Å². The Labute approximate surface area is 157 Å². The van der Waals surface area contributed by atoms with Crippen LogP contribution >= 0.6 is 0 Å². The highest BCUT2D eigenvalue weighted by Gasteiger charge is 2.37. The number of rotatable bonds is 6. The number of halogens is 5. The second-order valence-corrected chi connectivity index (χ2v) is 6.84. The van der Waals surface area contributed by atoms with E-state index in [-0.39, 0.29) is 30.0 Å². The van der Waals surface area contributed by atoms with Gasteiger partial charge in [0.2, 0.25) is 0 Å². The molecule has 4 rings (SSSR count). The normalized spacial score (nSPS) is 14.6. The van der Waals surface area contributed by atoms with E-state index in [0.29, 0.717) is 24.2 Å². The van der Waals surface area contributed by atoms with E-state index < -0.39 is 23.4 Å². The van der Waals surface area contributed by atoms with Gasteiger partial charge in [0.05, 0.1) is 6.61 Å². The molecule has 148 valence electrons. The number of ether oxygens (including phenoxy) is 1. The Kier molecular flexibility index (Phi) is 4.68. The smallest absolute Gasteiger partial charge is 0.420 e. The van der Waals surface area contributed by atoms with Crippen LogP contribution in [0.2, 0.25) is 0 Å². The van der Waals surface area contributed by atoms with Gasteiger partial charge in [-0.25, -0.2) is 8.78 Å². The Hall–Kier alpha value is -2.71. The second-order valence-electron chi connectivity index (χ2n) is 6.84. The van der Waals surface area contributed by atoms with Crippen LogP contribution in [0.3, 0.4) is 0 Å². The lowest BCUT2D eigenvalue weighted by Crippen LogP contribution is -2.15. The number of fused-ring (bicyclic) bond motifs is 1.